The average molecular weight is 472 g/mol. The first-order valence-corrected chi connectivity index (χ1v) is 10.9. The number of hydrogen-bond donors (Lipinski definition) is 0. The molecule has 0 aliphatic carbocycles. The fraction of sp³-hybridized carbons (Fsp3) is 0.280. The molecule has 0 aliphatic heterocycles. The molecule has 2 aromatic heterocycles. The van der Waals surface area contributed by atoms with Crippen LogP contribution in [-0.4, -0.2) is 40.1 Å². The summed E-state index contributed by atoms with van der Waals surface area (Å²) in [6, 6.07) is 8.01. The van der Waals surface area contributed by atoms with Gasteiger partial charge in [-0.3, -0.25) is 19.1 Å². The van der Waals surface area contributed by atoms with Crippen molar-refractivity contribution >= 4 is 29.7 Å². The lowest BCUT2D eigenvalue weighted by Crippen LogP contribution is -2.16. The minimum absolute atomic E-state index is 0.221. The van der Waals surface area contributed by atoms with Gasteiger partial charge in [-0.25, -0.2) is 0 Å². The minimum atomic E-state index is -0.223. The highest BCUT2D eigenvalue weighted by Gasteiger charge is 2.21. The summed E-state index contributed by atoms with van der Waals surface area (Å²) in [5.74, 6) is -0.221. The molecule has 0 fully saturated rings. The summed E-state index contributed by atoms with van der Waals surface area (Å²) < 4.78 is 7.45. The first kappa shape index (κ1) is 27.7. The van der Waals surface area contributed by atoms with E-state index in [1.54, 1.807) is 57.9 Å². The van der Waals surface area contributed by atoms with Gasteiger partial charge in [0.25, 0.3) is 5.56 Å². The number of allylic oxidation sites excluding steroid dienone is 1. The second kappa shape index (κ2) is 14.0. The molecule has 0 spiro atoms. The highest BCUT2D eigenvalue weighted by Crippen LogP contribution is 2.28. The SMILES string of the molecule is CC.CCOC.Cn1ncc(-c2cn(C)c(=O)cc2/C=C/C=O)c1C(=O)c1ccc(Cl)cc1. The zero-order chi connectivity index (χ0) is 25.0. The molecule has 33 heavy (non-hydrogen) atoms. The van der Waals surface area contributed by atoms with Gasteiger partial charge in [0.05, 0.1) is 6.20 Å². The summed E-state index contributed by atoms with van der Waals surface area (Å²) in [4.78, 5) is 35.8. The Morgan fingerprint density at radius 1 is 1.15 bits per heavy atom. The molecule has 0 radical (unpaired) electrons. The van der Waals surface area contributed by atoms with Crippen molar-refractivity contribution in [3.8, 4) is 11.1 Å². The van der Waals surface area contributed by atoms with Crippen molar-refractivity contribution in [1.29, 1.82) is 0 Å². The maximum atomic E-state index is 13.1. The third-order valence-corrected chi connectivity index (χ3v) is 4.71. The molecular formula is C25H30ClN3O4. The highest BCUT2D eigenvalue weighted by atomic mass is 35.5. The first-order valence-electron chi connectivity index (χ1n) is 10.5. The third kappa shape index (κ3) is 7.37. The van der Waals surface area contributed by atoms with Crippen LogP contribution in [0.3, 0.4) is 0 Å². The Hall–Kier alpha value is -3.29. The quantitative estimate of drug-likeness (QED) is 0.299. The molecule has 0 atom stereocenters. The van der Waals surface area contributed by atoms with Crippen LogP contribution in [0.2, 0.25) is 5.02 Å². The number of rotatable bonds is 6. The standard InChI is InChI=1S/C20H16ClN3O3.C3H8O.C2H6/c1-23-12-17(14(4-3-9-25)10-18(23)26)16-11-22-24(2)19(16)20(27)13-5-7-15(21)8-6-13;1-3-4-2;1-2/h3-12H,1-2H3;3H2,1-2H3;1-2H3/b4-3+;;. The lowest BCUT2D eigenvalue weighted by Gasteiger charge is -2.10. The van der Waals surface area contributed by atoms with Crippen LogP contribution >= 0.6 is 11.6 Å². The normalized spacial score (nSPS) is 10.2. The fourth-order valence-electron chi connectivity index (χ4n) is 2.79. The van der Waals surface area contributed by atoms with E-state index in [0.717, 1.165) is 6.61 Å². The number of pyridine rings is 1. The molecule has 0 unspecified atom stereocenters. The van der Waals surface area contributed by atoms with Crippen molar-refractivity contribution < 1.29 is 14.3 Å². The van der Waals surface area contributed by atoms with E-state index >= 15 is 0 Å². The molecule has 3 rings (SSSR count). The molecule has 0 saturated heterocycles. The lowest BCUT2D eigenvalue weighted by molar-refractivity contribution is -0.104. The molecule has 0 N–H and O–H groups in total. The van der Waals surface area contributed by atoms with E-state index in [9.17, 15) is 14.4 Å². The Balaban J connectivity index is 0.000000820. The number of nitrogens with zero attached hydrogens (tertiary/aromatic N) is 3. The van der Waals surface area contributed by atoms with Gasteiger partial charge in [0.2, 0.25) is 5.78 Å². The van der Waals surface area contributed by atoms with Gasteiger partial charge in [-0.15, -0.1) is 0 Å². The highest BCUT2D eigenvalue weighted by molar-refractivity contribution is 6.30. The van der Waals surface area contributed by atoms with E-state index in [1.807, 2.05) is 20.8 Å². The summed E-state index contributed by atoms with van der Waals surface area (Å²) in [7, 11) is 4.98. The Morgan fingerprint density at radius 3 is 2.30 bits per heavy atom. The number of methoxy groups -OCH3 is 1. The van der Waals surface area contributed by atoms with E-state index in [0.29, 0.717) is 39.3 Å². The number of benzene rings is 1. The number of ether oxygens (including phenoxy) is 1. The molecular weight excluding hydrogens is 442 g/mol. The van der Waals surface area contributed by atoms with E-state index in [-0.39, 0.29) is 11.3 Å². The smallest absolute Gasteiger partial charge is 0.250 e. The van der Waals surface area contributed by atoms with Crippen molar-refractivity contribution in [2.75, 3.05) is 13.7 Å². The van der Waals surface area contributed by atoms with Crippen LogP contribution in [0.5, 0.6) is 0 Å². The Bertz CT molecular complexity index is 1140. The number of halogens is 1. The van der Waals surface area contributed by atoms with Crippen molar-refractivity contribution in [2.24, 2.45) is 14.1 Å². The molecule has 2 heterocycles. The predicted octanol–water partition coefficient (Wildman–Crippen LogP) is 4.56. The Morgan fingerprint density at radius 2 is 1.76 bits per heavy atom. The molecule has 0 amide bonds. The second-order valence-electron chi connectivity index (χ2n) is 6.53. The minimum Gasteiger partial charge on any atom is -0.385 e. The van der Waals surface area contributed by atoms with Gasteiger partial charge in [-0.05, 0) is 42.8 Å². The average Bonchev–Trinajstić information content (AvgIpc) is 3.22. The van der Waals surface area contributed by atoms with Gasteiger partial charge in [-0.2, -0.15) is 5.10 Å². The van der Waals surface area contributed by atoms with Gasteiger partial charge in [-0.1, -0.05) is 31.5 Å². The molecule has 176 valence electrons. The molecule has 0 saturated carbocycles. The summed E-state index contributed by atoms with van der Waals surface area (Å²) in [6.45, 7) is 6.78. The molecule has 3 aromatic rings. The summed E-state index contributed by atoms with van der Waals surface area (Å²) in [5, 5.41) is 4.76. The molecule has 0 bridgehead atoms. The summed E-state index contributed by atoms with van der Waals surface area (Å²) in [5.41, 5.74) is 2.34. The molecule has 8 heteroatoms. The number of hydrogen-bond acceptors (Lipinski definition) is 5. The van der Waals surface area contributed by atoms with Gasteiger partial charge < -0.3 is 9.30 Å². The first-order chi connectivity index (χ1) is 15.8. The molecule has 0 aliphatic rings. The van der Waals surface area contributed by atoms with E-state index in [2.05, 4.69) is 9.84 Å². The van der Waals surface area contributed by atoms with Gasteiger partial charge in [0.1, 0.15) is 12.0 Å². The third-order valence-electron chi connectivity index (χ3n) is 4.45. The second-order valence-corrected chi connectivity index (χ2v) is 6.97. The zero-order valence-corrected chi connectivity index (χ0v) is 20.6. The van der Waals surface area contributed by atoms with Crippen molar-refractivity contribution in [2.45, 2.75) is 20.8 Å². The predicted molar refractivity (Wildman–Crippen MR) is 133 cm³/mol. The van der Waals surface area contributed by atoms with Gasteiger partial charge in [0.15, 0.2) is 0 Å². The number of aldehydes is 1. The van der Waals surface area contributed by atoms with Gasteiger partial charge in [0, 0.05) is 61.8 Å². The summed E-state index contributed by atoms with van der Waals surface area (Å²) >= 11 is 5.90. The van der Waals surface area contributed by atoms with Crippen molar-refractivity contribution in [3.05, 3.63) is 81.0 Å². The molecule has 1 aromatic carbocycles. The van der Waals surface area contributed by atoms with Crippen molar-refractivity contribution in [3.63, 3.8) is 0 Å². The maximum absolute atomic E-state index is 13.1. The van der Waals surface area contributed by atoms with Crippen LogP contribution in [0.25, 0.3) is 17.2 Å². The number of ketones is 1. The van der Waals surface area contributed by atoms with Gasteiger partial charge >= 0.3 is 0 Å². The number of carbonyl (C=O) groups excluding carboxylic acids is 2. The van der Waals surface area contributed by atoms with Crippen LogP contribution in [0.1, 0.15) is 42.4 Å². The topological polar surface area (TPSA) is 83.2 Å². The van der Waals surface area contributed by atoms with Crippen molar-refractivity contribution in [1.82, 2.24) is 14.3 Å². The largest absolute Gasteiger partial charge is 0.385 e. The maximum Gasteiger partial charge on any atom is 0.250 e. The lowest BCUT2D eigenvalue weighted by atomic mass is 9.98. The van der Waals surface area contributed by atoms with Crippen LogP contribution < -0.4 is 5.56 Å². The fourth-order valence-corrected chi connectivity index (χ4v) is 2.92. The van der Waals surface area contributed by atoms with E-state index < -0.39 is 0 Å². The van der Waals surface area contributed by atoms with Crippen LogP contribution in [0, 0.1) is 0 Å². The summed E-state index contributed by atoms with van der Waals surface area (Å²) in [6.07, 6.45) is 6.66. The molecule has 7 nitrogen and oxygen atoms in total. The number of aromatic nitrogens is 3. The van der Waals surface area contributed by atoms with E-state index in [4.69, 9.17) is 11.6 Å². The van der Waals surface area contributed by atoms with Crippen LogP contribution in [-0.2, 0) is 23.6 Å². The zero-order valence-electron chi connectivity index (χ0n) is 19.8. The number of aryl methyl sites for hydroxylation is 2. The van der Waals surface area contributed by atoms with E-state index in [1.165, 1.54) is 27.5 Å². The van der Waals surface area contributed by atoms with Crippen LogP contribution in [0.4, 0.5) is 0 Å². The monoisotopic (exact) mass is 471 g/mol. The Labute approximate surface area is 199 Å². The van der Waals surface area contributed by atoms with Crippen LogP contribution in [0.15, 0.2) is 53.6 Å². The number of carbonyl (C=O) groups is 2. The Kier molecular flexibility index (Phi) is 11.8.